The highest BCUT2D eigenvalue weighted by Crippen LogP contribution is 1.86. The molecule has 0 aliphatic carbocycles. The lowest BCUT2D eigenvalue weighted by atomic mass is 10.9. The van der Waals surface area contributed by atoms with Gasteiger partial charge in [-0.2, -0.15) is 0 Å². The van der Waals surface area contributed by atoms with Crippen molar-refractivity contribution in [2.45, 2.75) is 0 Å². The summed E-state index contributed by atoms with van der Waals surface area (Å²) in [4.78, 5) is 9.91. The van der Waals surface area contributed by atoms with Crippen LogP contribution in [0.3, 0.4) is 0 Å². The van der Waals surface area contributed by atoms with Gasteiger partial charge < -0.3 is 0 Å². The molecule has 8 heavy (non-hydrogen) atoms. The monoisotopic (exact) mass is 156 g/mol. The van der Waals surface area contributed by atoms with Crippen molar-refractivity contribution < 1.29 is 13.2 Å². The predicted octanol–water partition coefficient (Wildman–Crippen LogP) is 0.0619. The number of carbonyl (C=O) groups excluding carboxylic acids is 1. The molecule has 0 amide bonds. The van der Waals surface area contributed by atoms with Gasteiger partial charge in [0.1, 0.15) is 5.75 Å². The Morgan fingerprint density at radius 2 is 2.38 bits per heavy atom. The number of halogens is 1. The summed E-state index contributed by atoms with van der Waals surface area (Å²) in [6, 6.07) is 0. The summed E-state index contributed by atoms with van der Waals surface area (Å²) in [6.07, 6.45) is 0. The Bertz CT molecular complexity index is 113. The number of hydrogen-bond donors (Lipinski definition) is 0. The van der Waals surface area contributed by atoms with Crippen molar-refractivity contribution in [2.75, 3.05) is 12.9 Å². The van der Waals surface area contributed by atoms with Gasteiger partial charge in [0.05, 0.1) is 7.11 Å². The molecule has 48 valence electrons. The van der Waals surface area contributed by atoms with Crippen LogP contribution in [0.25, 0.3) is 0 Å². The van der Waals surface area contributed by atoms with Crippen LogP contribution in [0.15, 0.2) is 0 Å². The Morgan fingerprint density at radius 1 is 1.88 bits per heavy atom. The van der Waals surface area contributed by atoms with Crippen molar-refractivity contribution >= 4 is 27.9 Å². The van der Waals surface area contributed by atoms with E-state index in [0.717, 1.165) is 0 Å². The number of carbonyl (C=O) groups is 1. The molecule has 0 heterocycles. The van der Waals surface area contributed by atoms with Crippen LogP contribution in [-0.4, -0.2) is 22.3 Å². The standard InChI is InChI=1S/C3H5ClO3S/c1-7-8(6)2-3(4)5/h2H2,1H3. The van der Waals surface area contributed by atoms with Crippen LogP contribution in [0.4, 0.5) is 0 Å². The van der Waals surface area contributed by atoms with E-state index >= 15 is 0 Å². The second-order valence-corrected chi connectivity index (χ2v) is 2.62. The normalized spacial score (nSPS) is 13.2. The molecule has 3 nitrogen and oxygen atoms in total. The maximum atomic E-state index is 10.2. The van der Waals surface area contributed by atoms with Gasteiger partial charge in [0.25, 0.3) is 0 Å². The van der Waals surface area contributed by atoms with Gasteiger partial charge in [-0.25, -0.2) is 4.21 Å². The molecule has 0 radical (unpaired) electrons. The Labute approximate surface area is 54.6 Å². The van der Waals surface area contributed by atoms with E-state index in [9.17, 15) is 9.00 Å². The maximum Gasteiger partial charge on any atom is 0.236 e. The summed E-state index contributed by atoms with van der Waals surface area (Å²) >= 11 is 3.30. The predicted molar refractivity (Wildman–Crippen MR) is 30.9 cm³/mol. The zero-order chi connectivity index (χ0) is 6.57. The average Bonchev–Trinajstić information content (AvgIpc) is 1.65. The van der Waals surface area contributed by atoms with Crippen molar-refractivity contribution in [3.8, 4) is 0 Å². The summed E-state index contributed by atoms with van der Waals surface area (Å²) in [5.74, 6) is -0.238. The highest BCUT2D eigenvalue weighted by atomic mass is 35.5. The number of rotatable bonds is 3. The van der Waals surface area contributed by atoms with Crippen molar-refractivity contribution in [1.29, 1.82) is 0 Å². The Hall–Kier alpha value is 0.0700. The van der Waals surface area contributed by atoms with Crippen LogP contribution in [0.2, 0.25) is 0 Å². The fourth-order valence-electron chi connectivity index (χ4n) is 0.152. The number of hydrogen-bond acceptors (Lipinski definition) is 3. The molecule has 0 aliphatic rings. The van der Waals surface area contributed by atoms with E-state index in [2.05, 4.69) is 4.18 Å². The molecule has 0 fully saturated rings. The van der Waals surface area contributed by atoms with E-state index in [1.165, 1.54) is 7.11 Å². The van der Waals surface area contributed by atoms with Gasteiger partial charge in [-0.15, -0.1) is 0 Å². The lowest BCUT2D eigenvalue weighted by Crippen LogP contribution is -2.04. The first-order chi connectivity index (χ1) is 3.66. The van der Waals surface area contributed by atoms with Crippen molar-refractivity contribution in [3.05, 3.63) is 0 Å². The molecule has 0 aliphatic heterocycles. The molecule has 0 saturated heterocycles. The third-order valence-corrected chi connectivity index (χ3v) is 1.58. The highest BCUT2D eigenvalue weighted by Gasteiger charge is 2.01. The van der Waals surface area contributed by atoms with Crippen LogP contribution in [0.5, 0.6) is 0 Å². The molecular formula is C3H5ClO3S. The van der Waals surface area contributed by atoms with Gasteiger partial charge in [-0.05, 0) is 11.6 Å². The first-order valence-electron chi connectivity index (χ1n) is 1.78. The van der Waals surface area contributed by atoms with E-state index in [1.807, 2.05) is 0 Å². The molecular weight excluding hydrogens is 152 g/mol. The Kier molecular flexibility index (Phi) is 4.03. The molecule has 0 aromatic carbocycles. The third-order valence-electron chi connectivity index (χ3n) is 0.417. The van der Waals surface area contributed by atoms with Crippen molar-refractivity contribution in [3.63, 3.8) is 0 Å². The lowest BCUT2D eigenvalue weighted by Gasteiger charge is -1.88. The van der Waals surface area contributed by atoms with E-state index in [0.29, 0.717) is 0 Å². The zero-order valence-corrected chi connectivity index (χ0v) is 5.79. The second-order valence-electron chi connectivity index (χ2n) is 0.970. The molecule has 0 aromatic rings. The maximum absolute atomic E-state index is 10.2. The first kappa shape index (κ1) is 8.07. The van der Waals surface area contributed by atoms with E-state index in [4.69, 9.17) is 11.6 Å². The third kappa shape index (κ3) is 4.23. The summed E-state index contributed by atoms with van der Waals surface area (Å²) < 4.78 is 14.4. The minimum Gasteiger partial charge on any atom is -0.294 e. The van der Waals surface area contributed by atoms with Gasteiger partial charge in [-0.3, -0.25) is 8.98 Å². The van der Waals surface area contributed by atoms with E-state index in [1.54, 1.807) is 0 Å². The van der Waals surface area contributed by atoms with Gasteiger partial charge in [0.2, 0.25) is 5.24 Å². The molecule has 0 N–H and O–H groups in total. The van der Waals surface area contributed by atoms with Crippen molar-refractivity contribution in [2.24, 2.45) is 0 Å². The van der Waals surface area contributed by atoms with Gasteiger partial charge in [0, 0.05) is 0 Å². The summed E-state index contributed by atoms with van der Waals surface area (Å²) in [5, 5.41) is -0.648. The van der Waals surface area contributed by atoms with Crippen LogP contribution in [0, 0.1) is 0 Å². The van der Waals surface area contributed by atoms with Crippen molar-refractivity contribution in [1.82, 2.24) is 0 Å². The van der Waals surface area contributed by atoms with Crippen LogP contribution < -0.4 is 0 Å². The largest absolute Gasteiger partial charge is 0.294 e. The van der Waals surface area contributed by atoms with Crippen LogP contribution in [-0.2, 0) is 20.1 Å². The van der Waals surface area contributed by atoms with Gasteiger partial charge >= 0.3 is 0 Å². The molecule has 0 rings (SSSR count). The quantitative estimate of drug-likeness (QED) is 0.543. The van der Waals surface area contributed by atoms with Gasteiger partial charge in [0.15, 0.2) is 11.1 Å². The minimum absolute atomic E-state index is 0.238. The molecule has 0 bridgehead atoms. The topological polar surface area (TPSA) is 43.4 Å². The minimum atomic E-state index is -1.54. The fraction of sp³-hybridized carbons (Fsp3) is 0.667. The molecule has 5 heteroatoms. The summed E-state index contributed by atoms with van der Waals surface area (Å²) in [6.45, 7) is 0. The van der Waals surface area contributed by atoms with E-state index in [-0.39, 0.29) is 5.75 Å². The smallest absolute Gasteiger partial charge is 0.236 e. The summed E-state index contributed by atoms with van der Waals surface area (Å²) in [5.41, 5.74) is 0. The van der Waals surface area contributed by atoms with Crippen LogP contribution in [0.1, 0.15) is 0 Å². The van der Waals surface area contributed by atoms with Crippen LogP contribution >= 0.6 is 11.6 Å². The molecule has 0 spiro atoms. The zero-order valence-electron chi connectivity index (χ0n) is 4.22. The highest BCUT2D eigenvalue weighted by molar-refractivity contribution is 7.81. The van der Waals surface area contributed by atoms with E-state index < -0.39 is 16.3 Å². The Balaban J connectivity index is 3.40. The molecule has 1 unspecified atom stereocenters. The molecule has 0 saturated carbocycles. The lowest BCUT2D eigenvalue weighted by molar-refractivity contribution is -0.109. The SMILES string of the molecule is COS(=O)CC(=O)Cl. The average molecular weight is 157 g/mol. The molecule has 1 atom stereocenters. The Morgan fingerprint density at radius 3 is 2.50 bits per heavy atom. The summed E-state index contributed by atoms with van der Waals surface area (Å²) in [7, 11) is 1.25. The second kappa shape index (κ2) is 4.00. The molecule has 0 aromatic heterocycles. The first-order valence-corrected chi connectivity index (χ1v) is 3.40. The fourth-order valence-corrected chi connectivity index (χ4v) is 0.722. The van der Waals surface area contributed by atoms with Gasteiger partial charge in [-0.1, -0.05) is 0 Å².